The molecule has 94 valence electrons. The second-order valence-corrected chi connectivity index (χ2v) is 6.16. The van der Waals surface area contributed by atoms with Crippen LogP contribution in [0.15, 0.2) is 17.5 Å². The largest absolute Gasteiger partial charge is 0.314 e. The van der Waals surface area contributed by atoms with Crippen LogP contribution in [-0.4, -0.2) is 43.4 Å². The van der Waals surface area contributed by atoms with Crippen molar-refractivity contribution in [2.75, 3.05) is 32.7 Å². The minimum Gasteiger partial charge on any atom is -0.314 e. The predicted octanol–water partition coefficient (Wildman–Crippen LogP) is 1.86. The van der Waals surface area contributed by atoms with Crippen molar-refractivity contribution in [3.05, 3.63) is 22.4 Å². The summed E-state index contributed by atoms with van der Waals surface area (Å²) >= 11 is 1.54. The van der Waals surface area contributed by atoms with Crippen LogP contribution in [0, 0.1) is 5.41 Å². The Morgan fingerprint density at radius 1 is 1.47 bits per heavy atom. The van der Waals surface area contributed by atoms with E-state index in [0.717, 1.165) is 37.6 Å². The zero-order chi connectivity index (χ0) is 12.3. The highest BCUT2D eigenvalue weighted by molar-refractivity contribution is 7.12. The number of nitrogens with zero attached hydrogens (tertiary/aromatic N) is 1. The number of carbonyl (C=O) groups excluding carboxylic acids is 1. The second kappa shape index (κ2) is 5.29. The molecule has 0 unspecified atom stereocenters. The van der Waals surface area contributed by atoms with Gasteiger partial charge < -0.3 is 5.32 Å². The van der Waals surface area contributed by atoms with Gasteiger partial charge in [-0.3, -0.25) is 9.69 Å². The van der Waals surface area contributed by atoms with Crippen LogP contribution in [0.4, 0.5) is 0 Å². The Morgan fingerprint density at radius 3 is 2.76 bits per heavy atom. The molecule has 2 heterocycles. The predicted molar refractivity (Wildman–Crippen MR) is 71.7 cm³/mol. The molecular weight excluding hydrogens is 232 g/mol. The van der Waals surface area contributed by atoms with Crippen molar-refractivity contribution in [3.63, 3.8) is 0 Å². The molecule has 2 rings (SSSR count). The average molecular weight is 252 g/mol. The van der Waals surface area contributed by atoms with E-state index < -0.39 is 0 Å². The molecule has 4 heteroatoms. The van der Waals surface area contributed by atoms with Gasteiger partial charge in [-0.15, -0.1) is 11.3 Å². The smallest absolute Gasteiger partial charge is 0.179 e. The van der Waals surface area contributed by atoms with E-state index in [9.17, 15) is 4.79 Å². The molecule has 1 saturated heterocycles. The van der Waals surface area contributed by atoms with Crippen LogP contribution in [0.25, 0.3) is 0 Å². The van der Waals surface area contributed by atoms with Gasteiger partial charge in [0.15, 0.2) is 5.78 Å². The molecule has 17 heavy (non-hydrogen) atoms. The number of piperazine rings is 1. The molecule has 0 aliphatic carbocycles. The van der Waals surface area contributed by atoms with Crippen LogP contribution in [0.5, 0.6) is 0 Å². The third-order valence-corrected chi connectivity index (χ3v) is 4.06. The Hall–Kier alpha value is -0.710. The second-order valence-electron chi connectivity index (χ2n) is 5.22. The van der Waals surface area contributed by atoms with Crippen LogP contribution in [-0.2, 0) is 0 Å². The molecule has 1 N–H and O–H groups in total. The fraction of sp³-hybridized carbons (Fsp3) is 0.615. The third-order valence-electron chi connectivity index (χ3n) is 3.19. The molecule has 0 radical (unpaired) electrons. The number of carbonyl (C=O) groups is 1. The van der Waals surface area contributed by atoms with E-state index in [1.54, 1.807) is 0 Å². The lowest BCUT2D eigenvalue weighted by Gasteiger charge is -2.34. The summed E-state index contributed by atoms with van der Waals surface area (Å²) < 4.78 is 0. The summed E-state index contributed by atoms with van der Waals surface area (Å²) in [6.07, 6.45) is 0. The SMILES string of the molecule is CC(C)(CN1CCNCC1)C(=O)c1cccs1. The quantitative estimate of drug-likeness (QED) is 0.830. The van der Waals surface area contributed by atoms with Gasteiger partial charge in [0.2, 0.25) is 0 Å². The standard InChI is InChI=1S/C13H20N2OS/c1-13(2,10-15-7-5-14-6-8-15)12(16)11-4-3-9-17-11/h3-4,9,14H,5-8,10H2,1-2H3. The Balaban J connectivity index is 2.00. The third kappa shape index (κ3) is 3.15. The van der Waals surface area contributed by atoms with Crippen molar-refractivity contribution in [2.24, 2.45) is 5.41 Å². The molecule has 0 atom stereocenters. The monoisotopic (exact) mass is 252 g/mol. The Kier molecular flexibility index (Phi) is 3.97. The summed E-state index contributed by atoms with van der Waals surface area (Å²) in [5.74, 6) is 0.269. The van der Waals surface area contributed by atoms with Crippen LogP contribution < -0.4 is 5.32 Å². The lowest BCUT2D eigenvalue weighted by molar-refractivity contribution is 0.0756. The van der Waals surface area contributed by atoms with Gasteiger partial charge in [0.25, 0.3) is 0 Å². The number of hydrogen-bond acceptors (Lipinski definition) is 4. The molecular formula is C13H20N2OS. The summed E-state index contributed by atoms with van der Waals surface area (Å²) in [6.45, 7) is 9.11. The van der Waals surface area contributed by atoms with E-state index in [1.807, 2.05) is 17.5 Å². The summed E-state index contributed by atoms with van der Waals surface area (Å²) in [7, 11) is 0. The van der Waals surface area contributed by atoms with Crippen molar-refractivity contribution in [3.8, 4) is 0 Å². The van der Waals surface area contributed by atoms with E-state index in [0.29, 0.717) is 0 Å². The molecule has 1 aromatic rings. The fourth-order valence-electron chi connectivity index (χ4n) is 2.24. The van der Waals surface area contributed by atoms with Gasteiger partial charge in [0.05, 0.1) is 4.88 Å². The average Bonchev–Trinajstić information content (AvgIpc) is 2.82. The van der Waals surface area contributed by atoms with Crippen molar-refractivity contribution >= 4 is 17.1 Å². The van der Waals surface area contributed by atoms with Crippen LogP contribution in [0.1, 0.15) is 23.5 Å². The highest BCUT2D eigenvalue weighted by Gasteiger charge is 2.31. The van der Waals surface area contributed by atoms with Crippen molar-refractivity contribution in [2.45, 2.75) is 13.8 Å². The molecule has 1 fully saturated rings. The number of ketones is 1. The van der Waals surface area contributed by atoms with Crippen molar-refractivity contribution < 1.29 is 4.79 Å². The fourth-order valence-corrected chi connectivity index (χ4v) is 3.09. The van der Waals surface area contributed by atoms with Crippen molar-refractivity contribution in [1.82, 2.24) is 10.2 Å². The minimum absolute atomic E-state index is 0.269. The summed E-state index contributed by atoms with van der Waals surface area (Å²) in [4.78, 5) is 15.6. The molecule has 0 saturated carbocycles. The molecule has 0 bridgehead atoms. The van der Waals surface area contributed by atoms with Gasteiger partial charge in [0.1, 0.15) is 0 Å². The lowest BCUT2D eigenvalue weighted by atomic mass is 9.86. The number of thiophene rings is 1. The van der Waals surface area contributed by atoms with Crippen LogP contribution in [0.3, 0.4) is 0 Å². The molecule has 0 spiro atoms. The maximum absolute atomic E-state index is 12.4. The zero-order valence-electron chi connectivity index (χ0n) is 10.5. The normalized spacial score (nSPS) is 18.2. The number of Topliss-reactive ketones (excluding diaryl/α,β-unsaturated/α-hetero) is 1. The molecule has 1 aliphatic heterocycles. The first-order valence-electron chi connectivity index (χ1n) is 6.11. The van der Waals surface area contributed by atoms with Gasteiger partial charge in [0, 0.05) is 38.1 Å². The van der Waals surface area contributed by atoms with Gasteiger partial charge in [-0.2, -0.15) is 0 Å². The summed E-state index contributed by atoms with van der Waals surface area (Å²) in [5.41, 5.74) is -0.289. The zero-order valence-corrected chi connectivity index (χ0v) is 11.3. The van der Waals surface area contributed by atoms with Gasteiger partial charge >= 0.3 is 0 Å². The first-order chi connectivity index (χ1) is 8.09. The Labute approximate surface area is 107 Å². The molecule has 0 amide bonds. The van der Waals surface area contributed by atoms with Crippen molar-refractivity contribution in [1.29, 1.82) is 0 Å². The highest BCUT2D eigenvalue weighted by atomic mass is 32.1. The van der Waals surface area contributed by atoms with E-state index in [1.165, 1.54) is 11.3 Å². The van der Waals surface area contributed by atoms with E-state index in [4.69, 9.17) is 0 Å². The first kappa shape index (κ1) is 12.7. The topological polar surface area (TPSA) is 32.3 Å². The van der Waals surface area contributed by atoms with Crippen LogP contribution in [0.2, 0.25) is 0 Å². The maximum atomic E-state index is 12.4. The molecule has 3 nitrogen and oxygen atoms in total. The summed E-state index contributed by atoms with van der Waals surface area (Å²) in [5, 5.41) is 5.30. The van der Waals surface area contributed by atoms with Crippen LogP contribution >= 0.6 is 11.3 Å². The Morgan fingerprint density at radius 2 is 2.18 bits per heavy atom. The molecule has 1 aromatic heterocycles. The Bertz CT molecular complexity index is 367. The number of nitrogens with one attached hydrogen (secondary N) is 1. The maximum Gasteiger partial charge on any atom is 0.179 e. The van der Waals surface area contributed by atoms with Gasteiger partial charge in [-0.25, -0.2) is 0 Å². The van der Waals surface area contributed by atoms with Gasteiger partial charge in [-0.05, 0) is 11.4 Å². The molecule has 1 aliphatic rings. The lowest BCUT2D eigenvalue weighted by Crippen LogP contribution is -2.48. The first-order valence-corrected chi connectivity index (χ1v) is 6.99. The highest BCUT2D eigenvalue weighted by Crippen LogP contribution is 2.25. The van der Waals surface area contributed by atoms with E-state index >= 15 is 0 Å². The molecule has 0 aromatic carbocycles. The van der Waals surface area contributed by atoms with Gasteiger partial charge in [-0.1, -0.05) is 19.9 Å². The van der Waals surface area contributed by atoms with E-state index in [2.05, 4.69) is 24.1 Å². The summed E-state index contributed by atoms with van der Waals surface area (Å²) in [6, 6.07) is 3.87. The number of hydrogen-bond donors (Lipinski definition) is 1. The van der Waals surface area contributed by atoms with E-state index in [-0.39, 0.29) is 11.2 Å². The minimum atomic E-state index is -0.289. The number of rotatable bonds is 4.